The Balaban J connectivity index is 1.26. The van der Waals surface area contributed by atoms with Crippen LogP contribution in [0.3, 0.4) is 0 Å². The van der Waals surface area contributed by atoms with Crippen molar-refractivity contribution in [1.82, 2.24) is 18.9 Å². The molecule has 0 amide bonds. The number of fused-ring (bicyclic) bond motifs is 7. The van der Waals surface area contributed by atoms with E-state index < -0.39 is 0 Å². The average Bonchev–Trinajstić information content (AvgIpc) is 3.63. The lowest BCUT2D eigenvalue weighted by Crippen LogP contribution is -2.26. The number of ether oxygens (including phenoxy) is 1. The molecule has 5 aromatic carbocycles. The van der Waals surface area contributed by atoms with E-state index in [1.807, 2.05) is 6.07 Å². The van der Waals surface area contributed by atoms with Crippen molar-refractivity contribution < 1.29 is 4.74 Å². The van der Waals surface area contributed by atoms with Gasteiger partial charge in [-0.3, -0.25) is 8.97 Å². The molecule has 1 aliphatic heterocycles. The zero-order valence-corrected chi connectivity index (χ0v) is 29.7. The molecule has 0 unspecified atom stereocenters. The summed E-state index contributed by atoms with van der Waals surface area (Å²) in [6.07, 6.45) is 0. The number of hydrogen-bond acceptors (Lipinski definition) is 3. The average molecular weight is 653 g/mol. The van der Waals surface area contributed by atoms with Gasteiger partial charge in [0.1, 0.15) is 11.5 Å². The number of pyridine rings is 1. The smallest absolute Gasteiger partial charge is 0.220 e. The van der Waals surface area contributed by atoms with Crippen LogP contribution in [-0.4, -0.2) is 18.9 Å². The van der Waals surface area contributed by atoms with Gasteiger partial charge in [0.05, 0.1) is 33.5 Å². The Morgan fingerprint density at radius 3 is 2.16 bits per heavy atom. The molecule has 9 rings (SSSR count). The van der Waals surface area contributed by atoms with Crippen molar-refractivity contribution in [1.29, 1.82) is 0 Å². The van der Waals surface area contributed by atoms with Crippen LogP contribution in [0.4, 0.5) is 0 Å². The molecule has 246 valence electrons. The third-order valence-electron chi connectivity index (χ3n) is 10.6. The summed E-state index contributed by atoms with van der Waals surface area (Å²) in [5.74, 6) is 2.71. The van der Waals surface area contributed by atoms with Gasteiger partial charge in [0.25, 0.3) is 0 Å². The fourth-order valence-corrected chi connectivity index (χ4v) is 7.94. The van der Waals surface area contributed by atoms with Crippen molar-refractivity contribution in [2.45, 2.75) is 59.3 Å². The van der Waals surface area contributed by atoms with Gasteiger partial charge in [-0.2, -0.15) is 0 Å². The second kappa shape index (κ2) is 10.7. The molecule has 1 aliphatic rings. The lowest BCUT2D eigenvalue weighted by atomic mass is 9.72. The maximum atomic E-state index is 6.86. The molecule has 0 atom stereocenters. The summed E-state index contributed by atoms with van der Waals surface area (Å²) in [7, 11) is 0. The number of benzene rings is 5. The van der Waals surface area contributed by atoms with Crippen molar-refractivity contribution in [3.05, 3.63) is 143 Å². The van der Waals surface area contributed by atoms with Gasteiger partial charge in [-0.25, -0.2) is 9.97 Å². The fourth-order valence-electron chi connectivity index (χ4n) is 7.94. The third-order valence-corrected chi connectivity index (χ3v) is 10.6. The topological polar surface area (TPSA) is 44.4 Å². The van der Waals surface area contributed by atoms with Gasteiger partial charge in [-0.15, -0.1) is 0 Å². The largest absolute Gasteiger partial charge is 0.456 e. The molecule has 3 aromatic heterocycles. The first-order chi connectivity index (χ1) is 24.0. The van der Waals surface area contributed by atoms with Crippen molar-refractivity contribution in [2.75, 3.05) is 0 Å². The second-order valence-corrected chi connectivity index (χ2v) is 15.3. The Morgan fingerprint density at radius 1 is 0.660 bits per heavy atom. The van der Waals surface area contributed by atoms with Crippen LogP contribution < -0.4 is 4.74 Å². The highest BCUT2D eigenvalue weighted by Crippen LogP contribution is 2.53. The molecule has 0 saturated carbocycles. The number of rotatable bonds is 3. The monoisotopic (exact) mass is 652 g/mol. The van der Waals surface area contributed by atoms with Crippen molar-refractivity contribution in [2.24, 2.45) is 0 Å². The summed E-state index contributed by atoms with van der Waals surface area (Å²) in [5, 5.41) is 0. The maximum absolute atomic E-state index is 6.86. The summed E-state index contributed by atoms with van der Waals surface area (Å²) in [6.45, 7) is 15.7. The zero-order valence-electron chi connectivity index (χ0n) is 29.7. The van der Waals surface area contributed by atoms with Gasteiger partial charge >= 0.3 is 0 Å². The standard InChI is InChI=1S/C45H40N4O/c1-27-20-22-29(48-37-17-11-12-18-38(37)49-36-16-10-9-15-34(36)47-43(48)49)26-30(27)41-28(2)21-25-35(46-41)40-32(44(3,4)5)23-24-33-42(40)50-39-19-13-8-14-31(39)45(33,6)7/h8-26H,1-7H3. The van der Waals surface area contributed by atoms with Gasteiger partial charge in [0.15, 0.2) is 0 Å². The molecule has 0 fully saturated rings. The van der Waals surface area contributed by atoms with Crippen LogP contribution in [0.25, 0.3) is 56.0 Å². The molecule has 0 spiro atoms. The van der Waals surface area contributed by atoms with E-state index in [0.29, 0.717) is 0 Å². The Kier molecular flexibility index (Phi) is 6.48. The summed E-state index contributed by atoms with van der Waals surface area (Å²) < 4.78 is 11.4. The molecule has 8 aromatic rings. The number of aromatic nitrogens is 4. The van der Waals surface area contributed by atoms with Gasteiger partial charge in [-0.05, 0) is 84.5 Å². The molecule has 4 heterocycles. The minimum Gasteiger partial charge on any atom is -0.456 e. The van der Waals surface area contributed by atoms with E-state index in [-0.39, 0.29) is 10.8 Å². The molecule has 50 heavy (non-hydrogen) atoms. The highest BCUT2D eigenvalue weighted by Gasteiger charge is 2.38. The molecule has 5 nitrogen and oxygen atoms in total. The Hall–Kier alpha value is -5.68. The SMILES string of the molecule is Cc1ccc(-n2c3ccccc3n3c4ccccc4nc23)cc1-c1nc(-c2c(C(C)(C)C)ccc3c2Oc2ccccc2C3(C)C)ccc1C. The number of imidazole rings is 2. The third kappa shape index (κ3) is 4.39. The highest BCUT2D eigenvalue weighted by atomic mass is 16.5. The summed E-state index contributed by atoms with van der Waals surface area (Å²) >= 11 is 0. The Labute approximate surface area is 292 Å². The lowest BCUT2D eigenvalue weighted by Gasteiger charge is -2.37. The van der Waals surface area contributed by atoms with E-state index in [0.717, 1.165) is 73.1 Å². The summed E-state index contributed by atoms with van der Waals surface area (Å²) in [5.41, 5.74) is 14.9. The Morgan fingerprint density at radius 2 is 1.36 bits per heavy atom. The first-order valence-corrected chi connectivity index (χ1v) is 17.4. The minimum atomic E-state index is -0.226. The summed E-state index contributed by atoms with van der Waals surface area (Å²) in [4.78, 5) is 10.7. The number of hydrogen-bond donors (Lipinski definition) is 0. The molecule has 0 aliphatic carbocycles. The van der Waals surface area contributed by atoms with Gasteiger partial charge in [0.2, 0.25) is 5.78 Å². The lowest BCUT2D eigenvalue weighted by molar-refractivity contribution is 0.417. The fraction of sp³-hybridized carbons (Fsp3) is 0.200. The normalized spacial score (nSPS) is 13.8. The van der Waals surface area contributed by atoms with Gasteiger partial charge < -0.3 is 4.74 Å². The summed E-state index contributed by atoms with van der Waals surface area (Å²) in [6, 6.07) is 40.9. The van der Waals surface area contributed by atoms with Crippen LogP contribution in [0.1, 0.15) is 62.4 Å². The molecular formula is C45H40N4O. The quantitative estimate of drug-likeness (QED) is 0.191. The molecule has 0 bridgehead atoms. The van der Waals surface area contributed by atoms with E-state index in [9.17, 15) is 0 Å². The second-order valence-electron chi connectivity index (χ2n) is 15.3. The molecule has 5 heteroatoms. The Bertz CT molecular complexity index is 2670. The van der Waals surface area contributed by atoms with Crippen LogP contribution in [0.2, 0.25) is 0 Å². The van der Waals surface area contributed by atoms with Crippen molar-refractivity contribution in [3.8, 4) is 39.7 Å². The minimum absolute atomic E-state index is 0.133. The maximum Gasteiger partial charge on any atom is 0.220 e. The van der Waals surface area contributed by atoms with Crippen LogP contribution in [0.15, 0.2) is 115 Å². The van der Waals surface area contributed by atoms with E-state index in [2.05, 4.69) is 167 Å². The van der Waals surface area contributed by atoms with Crippen LogP contribution in [0.5, 0.6) is 11.5 Å². The van der Waals surface area contributed by atoms with E-state index in [1.165, 1.54) is 22.3 Å². The molecule has 0 saturated heterocycles. The van der Waals surface area contributed by atoms with Crippen molar-refractivity contribution >= 4 is 27.8 Å². The number of aryl methyl sites for hydroxylation is 2. The molecule has 0 N–H and O–H groups in total. The first kappa shape index (κ1) is 30.4. The zero-order chi connectivity index (χ0) is 34.5. The molecular weight excluding hydrogens is 613 g/mol. The van der Waals surface area contributed by atoms with Gasteiger partial charge in [0, 0.05) is 33.4 Å². The highest BCUT2D eigenvalue weighted by molar-refractivity contribution is 5.92. The predicted octanol–water partition coefficient (Wildman–Crippen LogP) is 11.5. The van der Waals surface area contributed by atoms with Gasteiger partial charge in [-0.1, -0.05) is 101 Å². The van der Waals surface area contributed by atoms with E-state index in [1.54, 1.807) is 0 Å². The van der Waals surface area contributed by atoms with E-state index >= 15 is 0 Å². The van der Waals surface area contributed by atoms with Crippen LogP contribution in [0, 0.1) is 13.8 Å². The molecule has 0 radical (unpaired) electrons. The van der Waals surface area contributed by atoms with Crippen molar-refractivity contribution in [3.63, 3.8) is 0 Å². The number of para-hydroxylation sites is 5. The van der Waals surface area contributed by atoms with Crippen LogP contribution >= 0.6 is 0 Å². The van der Waals surface area contributed by atoms with Crippen LogP contribution in [-0.2, 0) is 10.8 Å². The van der Waals surface area contributed by atoms with E-state index in [4.69, 9.17) is 14.7 Å². The predicted molar refractivity (Wildman–Crippen MR) is 205 cm³/mol. The number of nitrogens with zero attached hydrogens (tertiary/aromatic N) is 4. The first-order valence-electron chi connectivity index (χ1n) is 17.4.